The third-order valence-electron chi connectivity index (χ3n) is 4.29. The predicted octanol–water partition coefficient (Wildman–Crippen LogP) is 4.86. The number of anilines is 1. The van der Waals surface area contributed by atoms with Gasteiger partial charge in [-0.3, -0.25) is 0 Å². The van der Waals surface area contributed by atoms with Crippen molar-refractivity contribution >= 4 is 5.82 Å². The minimum Gasteiger partial charge on any atom is -0.406 e. The van der Waals surface area contributed by atoms with Crippen LogP contribution >= 0.6 is 0 Å². The maximum atomic E-state index is 12.3. The molecule has 25 heavy (non-hydrogen) atoms. The molecule has 0 aliphatic carbocycles. The van der Waals surface area contributed by atoms with Crippen LogP contribution in [0.3, 0.4) is 0 Å². The maximum Gasteiger partial charge on any atom is 0.573 e. The summed E-state index contributed by atoms with van der Waals surface area (Å²) in [7, 11) is 0. The van der Waals surface area contributed by atoms with Crippen LogP contribution in [0.2, 0.25) is 0 Å². The van der Waals surface area contributed by atoms with Gasteiger partial charge in [0.15, 0.2) is 0 Å². The zero-order chi connectivity index (χ0) is 17.9. The average molecular weight is 353 g/mol. The number of halogens is 3. The molecule has 1 aliphatic heterocycles. The van der Waals surface area contributed by atoms with Gasteiger partial charge in [0, 0.05) is 12.1 Å². The van der Waals surface area contributed by atoms with Gasteiger partial charge in [-0.2, -0.15) is 5.10 Å². The number of benzene rings is 1. The Kier molecular flexibility index (Phi) is 5.20. The Hall–Kier alpha value is -2.18. The van der Waals surface area contributed by atoms with Crippen molar-refractivity contribution in [2.24, 2.45) is 0 Å². The molecule has 1 aromatic heterocycles. The predicted molar refractivity (Wildman–Crippen MR) is 90.3 cm³/mol. The smallest absolute Gasteiger partial charge is 0.406 e. The molecule has 1 N–H and O–H groups in total. The van der Waals surface area contributed by atoms with Gasteiger partial charge < -0.3 is 10.1 Å². The van der Waals surface area contributed by atoms with E-state index < -0.39 is 6.36 Å². The Labute approximate surface area is 145 Å². The van der Waals surface area contributed by atoms with Crippen LogP contribution in [-0.4, -0.2) is 22.7 Å². The fourth-order valence-electron chi connectivity index (χ4n) is 3.09. The molecule has 2 aromatic rings. The molecular formula is C18H22F3N3O. The molecule has 4 nitrogen and oxygen atoms in total. The monoisotopic (exact) mass is 353 g/mol. The molecule has 0 amide bonds. The van der Waals surface area contributed by atoms with Crippen LogP contribution in [0.15, 0.2) is 24.3 Å². The lowest BCUT2D eigenvalue weighted by atomic mass is 10.1. The number of rotatable bonds is 5. The van der Waals surface area contributed by atoms with E-state index in [9.17, 15) is 13.2 Å². The van der Waals surface area contributed by atoms with E-state index in [0.717, 1.165) is 62.3 Å². The van der Waals surface area contributed by atoms with Crippen LogP contribution in [0.25, 0.3) is 5.69 Å². The molecule has 3 rings (SSSR count). The summed E-state index contributed by atoms with van der Waals surface area (Å²) in [6.07, 6.45) is 1.60. The van der Waals surface area contributed by atoms with Crippen molar-refractivity contribution in [3.8, 4) is 11.4 Å². The Bertz CT molecular complexity index is 708. The highest BCUT2D eigenvalue weighted by molar-refractivity contribution is 5.54. The van der Waals surface area contributed by atoms with Gasteiger partial charge in [0.2, 0.25) is 0 Å². The summed E-state index contributed by atoms with van der Waals surface area (Å²) in [6.45, 7) is 3.02. The molecule has 0 saturated heterocycles. The Morgan fingerprint density at radius 3 is 2.64 bits per heavy atom. The lowest BCUT2D eigenvalue weighted by Crippen LogP contribution is -2.17. The van der Waals surface area contributed by atoms with Crippen LogP contribution in [-0.2, 0) is 12.8 Å². The number of aryl methyl sites for hydroxylation is 1. The average Bonchev–Trinajstić information content (AvgIpc) is 2.74. The lowest BCUT2D eigenvalue weighted by Gasteiger charge is -2.11. The first-order valence-corrected chi connectivity index (χ1v) is 8.69. The fraction of sp³-hybridized carbons (Fsp3) is 0.500. The largest absolute Gasteiger partial charge is 0.573 e. The summed E-state index contributed by atoms with van der Waals surface area (Å²) in [5.74, 6) is 0.738. The molecule has 0 unspecified atom stereocenters. The Morgan fingerprint density at radius 2 is 1.96 bits per heavy atom. The van der Waals surface area contributed by atoms with Crippen LogP contribution < -0.4 is 10.1 Å². The molecule has 0 bridgehead atoms. The molecule has 1 aromatic carbocycles. The highest BCUT2D eigenvalue weighted by Crippen LogP contribution is 2.30. The molecule has 0 spiro atoms. The molecular weight excluding hydrogens is 331 g/mol. The van der Waals surface area contributed by atoms with Gasteiger partial charge in [-0.25, -0.2) is 4.68 Å². The maximum absolute atomic E-state index is 12.3. The minimum absolute atomic E-state index is 0.228. The van der Waals surface area contributed by atoms with Crippen molar-refractivity contribution in [1.82, 2.24) is 9.78 Å². The lowest BCUT2D eigenvalue weighted by molar-refractivity contribution is -0.274. The van der Waals surface area contributed by atoms with Crippen molar-refractivity contribution in [2.75, 3.05) is 11.9 Å². The number of fused-ring (bicyclic) bond motifs is 1. The summed E-state index contributed by atoms with van der Waals surface area (Å²) in [5, 5.41) is 8.17. The second kappa shape index (κ2) is 7.37. The Morgan fingerprint density at radius 1 is 1.20 bits per heavy atom. The molecule has 136 valence electrons. The SMILES string of the molecule is CCCCc1nn(-c2ccc(OC(F)(F)F)cc2)c2c1CCCCN2. The van der Waals surface area contributed by atoms with Crippen molar-refractivity contribution < 1.29 is 17.9 Å². The van der Waals surface area contributed by atoms with Gasteiger partial charge in [-0.15, -0.1) is 13.2 Å². The highest BCUT2D eigenvalue weighted by atomic mass is 19.4. The molecule has 0 atom stereocenters. The van der Waals surface area contributed by atoms with E-state index in [2.05, 4.69) is 17.0 Å². The van der Waals surface area contributed by atoms with Gasteiger partial charge in [-0.1, -0.05) is 13.3 Å². The van der Waals surface area contributed by atoms with Crippen molar-refractivity contribution in [3.63, 3.8) is 0 Å². The van der Waals surface area contributed by atoms with Crippen molar-refractivity contribution in [3.05, 3.63) is 35.5 Å². The summed E-state index contributed by atoms with van der Waals surface area (Å²) < 4.78 is 42.7. The normalized spacial score (nSPS) is 14.6. The van der Waals surface area contributed by atoms with Crippen LogP contribution in [0.4, 0.5) is 19.0 Å². The van der Waals surface area contributed by atoms with Crippen LogP contribution in [0.1, 0.15) is 43.9 Å². The molecule has 1 aliphatic rings. The van der Waals surface area contributed by atoms with Crippen molar-refractivity contribution in [2.45, 2.75) is 51.8 Å². The first-order valence-electron chi connectivity index (χ1n) is 8.69. The van der Waals surface area contributed by atoms with Crippen LogP contribution in [0.5, 0.6) is 5.75 Å². The van der Waals surface area contributed by atoms with Gasteiger partial charge >= 0.3 is 6.36 Å². The van der Waals surface area contributed by atoms with Crippen molar-refractivity contribution in [1.29, 1.82) is 0 Å². The number of hydrogen-bond acceptors (Lipinski definition) is 3. The summed E-state index contributed by atoms with van der Waals surface area (Å²) in [4.78, 5) is 0. The summed E-state index contributed by atoms with van der Waals surface area (Å²) in [6, 6.07) is 5.84. The van der Waals surface area contributed by atoms with Gasteiger partial charge in [0.1, 0.15) is 11.6 Å². The number of ether oxygens (including phenoxy) is 1. The van der Waals surface area contributed by atoms with E-state index in [1.165, 1.54) is 17.7 Å². The molecule has 2 heterocycles. The molecule has 0 saturated carbocycles. The number of nitrogens with one attached hydrogen (secondary N) is 1. The quantitative estimate of drug-likeness (QED) is 0.834. The zero-order valence-electron chi connectivity index (χ0n) is 14.2. The van der Waals surface area contributed by atoms with Gasteiger partial charge in [0.25, 0.3) is 0 Å². The Balaban J connectivity index is 1.92. The molecule has 0 fully saturated rings. The molecule has 0 radical (unpaired) electrons. The van der Waals surface area contributed by atoms with Gasteiger partial charge in [0.05, 0.1) is 11.4 Å². The fourth-order valence-corrected chi connectivity index (χ4v) is 3.09. The van der Waals surface area contributed by atoms with Crippen LogP contribution in [0, 0.1) is 0 Å². The number of alkyl halides is 3. The first-order chi connectivity index (χ1) is 12.0. The summed E-state index contributed by atoms with van der Waals surface area (Å²) >= 11 is 0. The standard InChI is InChI=1S/C18H22F3N3O/c1-2-3-7-16-15-6-4-5-12-22-17(15)24(23-16)13-8-10-14(11-9-13)25-18(19,20)21/h8-11,22H,2-7,12H2,1H3. The third kappa shape index (κ3) is 4.27. The van der Waals surface area contributed by atoms with E-state index in [1.807, 2.05) is 4.68 Å². The minimum atomic E-state index is -4.68. The highest BCUT2D eigenvalue weighted by Gasteiger charge is 2.31. The summed E-state index contributed by atoms with van der Waals surface area (Å²) in [5.41, 5.74) is 3.05. The van der Waals surface area contributed by atoms with Gasteiger partial charge in [-0.05, 0) is 56.4 Å². The second-order valence-corrected chi connectivity index (χ2v) is 6.21. The number of nitrogens with zero attached hydrogens (tertiary/aromatic N) is 2. The number of aromatic nitrogens is 2. The van der Waals surface area contributed by atoms with E-state index in [-0.39, 0.29) is 5.75 Å². The third-order valence-corrected chi connectivity index (χ3v) is 4.29. The number of hydrogen-bond donors (Lipinski definition) is 1. The van der Waals surface area contributed by atoms with E-state index in [4.69, 9.17) is 5.10 Å². The number of unbranched alkanes of at least 4 members (excludes halogenated alkanes) is 1. The zero-order valence-corrected chi connectivity index (χ0v) is 14.2. The topological polar surface area (TPSA) is 39.1 Å². The van der Waals surface area contributed by atoms with E-state index in [0.29, 0.717) is 0 Å². The second-order valence-electron chi connectivity index (χ2n) is 6.21. The first kappa shape index (κ1) is 17.6. The molecule has 7 heteroatoms. The van der Waals surface area contributed by atoms with E-state index >= 15 is 0 Å². The van der Waals surface area contributed by atoms with E-state index in [1.54, 1.807) is 12.1 Å².